The van der Waals surface area contributed by atoms with E-state index in [0.717, 1.165) is 42.8 Å². The lowest BCUT2D eigenvalue weighted by Crippen LogP contribution is -2.46. The molecule has 2 aliphatic rings. The molecule has 0 spiro atoms. The van der Waals surface area contributed by atoms with Gasteiger partial charge in [0.25, 0.3) is 0 Å². The molecular weight excluding hydrogens is 637 g/mol. The lowest BCUT2D eigenvalue weighted by molar-refractivity contribution is -0.143. The van der Waals surface area contributed by atoms with E-state index in [1.54, 1.807) is 17.5 Å². The van der Waals surface area contributed by atoms with E-state index in [-0.39, 0.29) is 40.4 Å². The number of rotatable bonds is 7. The minimum Gasteiger partial charge on any atom is -0.349 e. The number of amides is 2. The number of alkyl halides is 6. The smallest absolute Gasteiger partial charge is 0.349 e. The summed E-state index contributed by atoms with van der Waals surface area (Å²) in [5, 5.41) is 7.23. The van der Waals surface area contributed by atoms with Crippen LogP contribution in [0.5, 0.6) is 0 Å². The summed E-state index contributed by atoms with van der Waals surface area (Å²) >= 11 is 1.13. The van der Waals surface area contributed by atoms with Crippen LogP contribution in [-0.4, -0.2) is 40.8 Å². The summed E-state index contributed by atoms with van der Waals surface area (Å²) in [5.41, 5.74) is -3.04. The Labute approximate surface area is 265 Å². The van der Waals surface area contributed by atoms with E-state index in [2.05, 4.69) is 20.5 Å². The fraction of sp³-hybridized carbons (Fsp3) is 0.469. The van der Waals surface area contributed by atoms with Crippen molar-refractivity contribution in [3.05, 3.63) is 81.6 Å². The molecule has 1 aliphatic heterocycles. The molecule has 0 radical (unpaired) electrons. The van der Waals surface area contributed by atoms with Gasteiger partial charge in [0, 0.05) is 18.3 Å². The molecule has 3 unspecified atom stereocenters. The number of benzene rings is 2. The molecular formula is C32H33F7N4O2S. The van der Waals surface area contributed by atoms with Crippen molar-refractivity contribution in [1.29, 1.82) is 0 Å². The molecule has 1 aliphatic carbocycles. The number of anilines is 1. The number of carbonyl (C=O) groups is 2. The predicted molar refractivity (Wildman–Crippen MR) is 159 cm³/mol. The van der Waals surface area contributed by atoms with E-state index in [9.17, 15) is 40.3 Å². The number of hydrogen-bond donors (Lipinski definition) is 2. The van der Waals surface area contributed by atoms with Crippen LogP contribution in [0.1, 0.15) is 85.9 Å². The third-order valence-electron chi connectivity index (χ3n) is 9.05. The van der Waals surface area contributed by atoms with E-state index < -0.39 is 40.8 Å². The third-order valence-corrected chi connectivity index (χ3v) is 9.80. The predicted octanol–water partition coefficient (Wildman–Crippen LogP) is 7.83. The number of hydrogen-bond acceptors (Lipinski definition) is 5. The highest BCUT2D eigenvalue weighted by atomic mass is 32.1. The van der Waals surface area contributed by atoms with Crippen LogP contribution in [0.15, 0.2) is 47.8 Å². The third kappa shape index (κ3) is 7.38. The van der Waals surface area contributed by atoms with Crippen molar-refractivity contribution in [3.8, 4) is 0 Å². The van der Waals surface area contributed by atoms with E-state index >= 15 is 0 Å². The van der Waals surface area contributed by atoms with Gasteiger partial charge in [-0.15, -0.1) is 11.3 Å². The van der Waals surface area contributed by atoms with Crippen LogP contribution in [0.4, 0.5) is 35.9 Å². The second-order valence-electron chi connectivity index (χ2n) is 12.1. The van der Waals surface area contributed by atoms with Crippen molar-refractivity contribution in [3.63, 3.8) is 0 Å². The highest BCUT2D eigenvalue weighted by molar-refractivity contribution is 7.14. The van der Waals surface area contributed by atoms with Gasteiger partial charge in [-0.1, -0.05) is 12.1 Å². The zero-order valence-corrected chi connectivity index (χ0v) is 25.9. The van der Waals surface area contributed by atoms with Gasteiger partial charge in [0.1, 0.15) is 5.82 Å². The molecule has 1 aromatic heterocycles. The summed E-state index contributed by atoms with van der Waals surface area (Å²) < 4.78 is 94.6. The number of carbonyl (C=O) groups excluding carboxylic acids is 2. The Hall–Kier alpha value is -3.52. The van der Waals surface area contributed by atoms with E-state index in [1.165, 1.54) is 26.0 Å². The molecule has 1 saturated carbocycles. The highest BCUT2D eigenvalue weighted by Crippen LogP contribution is 2.46. The van der Waals surface area contributed by atoms with Crippen molar-refractivity contribution in [1.82, 2.24) is 15.2 Å². The second kappa shape index (κ2) is 12.9. The van der Waals surface area contributed by atoms with Gasteiger partial charge in [0.15, 0.2) is 5.13 Å². The van der Waals surface area contributed by atoms with Crippen LogP contribution in [0, 0.1) is 5.82 Å². The Morgan fingerprint density at radius 2 is 1.59 bits per heavy atom. The Morgan fingerprint density at radius 3 is 2.15 bits per heavy atom. The lowest BCUT2D eigenvalue weighted by Gasteiger charge is -2.37. The average molecular weight is 671 g/mol. The quantitative estimate of drug-likeness (QED) is 0.252. The van der Waals surface area contributed by atoms with Crippen LogP contribution in [0.25, 0.3) is 0 Å². The van der Waals surface area contributed by atoms with Crippen molar-refractivity contribution in [2.75, 3.05) is 18.4 Å². The molecule has 3 aromatic rings. The molecule has 0 bridgehead atoms. The van der Waals surface area contributed by atoms with Crippen LogP contribution in [0.3, 0.4) is 0 Å². The lowest BCUT2D eigenvalue weighted by atomic mass is 9.81. The molecule has 2 aromatic carbocycles. The number of likely N-dealkylation sites (tertiary alicyclic amines) is 1. The van der Waals surface area contributed by atoms with Crippen molar-refractivity contribution in [2.24, 2.45) is 0 Å². The summed E-state index contributed by atoms with van der Waals surface area (Å²) in [4.78, 5) is 32.6. The largest absolute Gasteiger partial charge is 0.416 e. The van der Waals surface area contributed by atoms with Gasteiger partial charge in [-0.2, -0.15) is 26.3 Å². The van der Waals surface area contributed by atoms with Gasteiger partial charge in [0.05, 0.1) is 28.3 Å². The number of aromatic nitrogens is 1. The van der Waals surface area contributed by atoms with Crippen LogP contribution in [0.2, 0.25) is 0 Å². The first-order valence-corrected chi connectivity index (χ1v) is 15.8. The maximum Gasteiger partial charge on any atom is 0.416 e. The molecule has 2 fully saturated rings. The summed E-state index contributed by atoms with van der Waals surface area (Å²) in [6.45, 7) is 4.13. The Morgan fingerprint density at radius 1 is 0.978 bits per heavy atom. The van der Waals surface area contributed by atoms with Gasteiger partial charge in [-0.05, 0) is 99.5 Å². The molecule has 2 N–H and O–H groups in total. The SMILES string of the molecule is CC(=O)Nc1nc(C2(C(=O)NC(C)c3cc(C(F)(F)F)cc(C(F)(F)F)c3)CCC(N3CCC(c4ccc(F)cc4)CC3)C2)cs1. The van der Waals surface area contributed by atoms with Gasteiger partial charge in [-0.25, -0.2) is 9.37 Å². The maximum atomic E-state index is 14.1. The molecule has 2 heterocycles. The summed E-state index contributed by atoms with van der Waals surface area (Å²) in [5.74, 6) is -0.950. The standard InChI is InChI=1S/C32H33F7N4O2S/c1-18(22-13-23(31(34,35)36)15-24(14-22)32(37,38)39)40-28(45)30(27-17-46-29(42-27)41-19(2)44)10-7-26(16-30)43-11-8-21(9-12-43)20-3-5-25(33)6-4-20/h3-6,13-15,17-18,21,26H,7-12,16H2,1-2H3,(H,40,45)(H,41,42,44). The zero-order chi connectivity index (χ0) is 33.4. The topological polar surface area (TPSA) is 74.3 Å². The van der Waals surface area contributed by atoms with E-state index in [0.29, 0.717) is 37.1 Å². The van der Waals surface area contributed by atoms with Crippen LogP contribution < -0.4 is 10.6 Å². The Bertz CT molecular complexity index is 1530. The highest BCUT2D eigenvalue weighted by Gasteiger charge is 2.50. The number of thiazole rings is 1. The van der Waals surface area contributed by atoms with E-state index in [1.807, 2.05) is 0 Å². The van der Waals surface area contributed by atoms with Crippen molar-refractivity contribution in [2.45, 2.75) is 81.7 Å². The Kier molecular flexibility index (Phi) is 9.52. The Balaban J connectivity index is 1.38. The summed E-state index contributed by atoms with van der Waals surface area (Å²) in [7, 11) is 0. The molecule has 248 valence electrons. The minimum absolute atomic E-state index is 0.0356. The maximum absolute atomic E-state index is 14.1. The molecule has 5 rings (SSSR count). The summed E-state index contributed by atoms with van der Waals surface area (Å²) in [6, 6.07) is 6.54. The first-order valence-electron chi connectivity index (χ1n) is 14.9. The molecule has 14 heteroatoms. The van der Waals surface area contributed by atoms with Crippen LogP contribution >= 0.6 is 11.3 Å². The van der Waals surface area contributed by atoms with Crippen molar-refractivity contribution >= 4 is 28.3 Å². The molecule has 1 saturated heterocycles. The molecule has 46 heavy (non-hydrogen) atoms. The molecule has 2 amide bonds. The number of nitrogens with one attached hydrogen (secondary N) is 2. The number of halogens is 7. The van der Waals surface area contributed by atoms with Gasteiger partial charge < -0.3 is 15.5 Å². The normalized spacial score (nSPS) is 22.1. The summed E-state index contributed by atoms with van der Waals surface area (Å²) in [6.07, 6.45) is -7.11. The van der Waals surface area contributed by atoms with Crippen molar-refractivity contribution < 1.29 is 40.3 Å². The molecule has 3 atom stereocenters. The fourth-order valence-corrected chi connectivity index (χ4v) is 7.42. The fourth-order valence-electron chi connectivity index (χ4n) is 6.57. The first-order chi connectivity index (χ1) is 21.5. The molecule has 6 nitrogen and oxygen atoms in total. The first kappa shape index (κ1) is 33.8. The minimum atomic E-state index is -5.02. The zero-order valence-electron chi connectivity index (χ0n) is 25.1. The van der Waals surface area contributed by atoms with Gasteiger partial charge >= 0.3 is 12.4 Å². The monoisotopic (exact) mass is 670 g/mol. The number of piperidine rings is 1. The average Bonchev–Trinajstić information content (AvgIpc) is 3.65. The van der Waals surface area contributed by atoms with Gasteiger partial charge in [0.2, 0.25) is 11.8 Å². The van der Waals surface area contributed by atoms with E-state index in [4.69, 9.17) is 0 Å². The number of nitrogens with zero attached hydrogens (tertiary/aromatic N) is 2. The van der Waals surface area contributed by atoms with Crippen LogP contribution in [-0.2, 0) is 27.4 Å². The second-order valence-corrected chi connectivity index (χ2v) is 13.0. The van der Waals surface area contributed by atoms with Gasteiger partial charge in [-0.3, -0.25) is 9.59 Å².